The Balaban J connectivity index is 1.43. The van der Waals surface area contributed by atoms with E-state index >= 15 is 0 Å². The zero-order valence-corrected chi connectivity index (χ0v) is 17.1. The number of piperazine rings is 1. The fraction of sp³-hybridized carbons (Fsp3) is 0.409. The summed E-state index contributed by atoms with van der Waals surface area (Å²) in [7, 11) is 0. The van der Waals surface area contributed by atoms with Crippen molar-refractivity contribution >= 4 is 17.3 Å². The van der Waals surface area contributed by atoms with Gasteiger partial charge in [0.05, 0.1) is 10.6 Å². The molecule has 2 aromatic rings. The number of hydrogen-bond donors (Lipinski definition) is 1. The minimum atomic E-state index is -0.453. The number of nitrogens with zero attached hydrogens (tertiary/aromatic N) is 3. The van der Waals surface area contributed by atoms with Crippen molar-refractivity contribution in [2.75, 3.05) is 38.0 Å². The molecule has 1 aliphatic rings. The van der Waals surface area contributed by atoms with Crippen molar-refractivity contribution < 1.29 is 9.72 Å². The van der Waals surface area contributed by atoms with Crippen LogP contribution in [0.5, 0.6) is 0 Å². The Morgan fingerprint density at radius 3 is 2.41 bits per heavy atom. The maximum absolute atomic E-state index is 12.3. The first-order valence-electron chi connectivity index (χ1n) is 9.96. The number of rotatable bonds is 7. The molecule has 7 nitrogen and oxygen atoms in total. The van der Waals surface area contributed by atoms with Crippen LogP contribution >= 0.6 is 0 Å². The van der Waals surface area contributed by atoms with E-state index in [9.17, 15) is 14.9 Å². The Morgan fingerprint density at radius 1 is 1.03 bits per heavy atom. The Kier molecular flexibility index (Phi) is 6.95. The van der Waals surface area contributed by atoms with Gasteiger partial charge < -0.3 is 10.2 Å². The lowest BCUT2D eigenvalue weighted by Gasteiger charge is -2.34. The van der Waals surface area contributed by atoms with E-state index in [0.29, 0.717) is 18.7 Å². The summed E-state index contributed by atoms with van der Waals surface area (Å²) in [5, 5.41) is 13.7. The molecule has 0 atom stereocenters. The smallest absolute Gasteiger partial charge is 0.271 e. The quantitative estimate of drug-likeness (QED) is 0.573. The minimum absolute atomic E-state index is 0.0179. The fourth-order valence-electron chi connectivity index (χ4n) is 3.53. The summed E-state index contributed by atoms with van der Waals surface area (Å²) in [6.07, 6.45) is 0.375. The summed E-state index contributed by atoms with van der Waals surface area (Å²) >= 11 is 0. The van der Waals surface area contributed by atoms with Crippen molar-refractivity contribution in [3.05, 3.63) is 69.3 Å². The third kappa shape index (κ3) is 5.85. The van der Waals surface area contributed by atoms with Gasteiger partial charge in [-0.05, 0) is 30.5 Å². The number of anilines is 1. The zero-order chi connectivity index (χ0) is 20.8. The van der Waals surface area contributed by atoms with Crippen LogP contribution in [0.3, 0.4) is 0 Å². The number of non-ortho nitro benzene ring substituents is 1. The van der Waals surface area contributed by atoms with Gasteiger partial charge in [0.15, 0.2) is 0 Å². The number of nitrogens with one attached hydrogen (secondary N) is 1. The van der Waals surface area contributed by atoms with Crippen LogP contribution in [0.25, 0.3) is 0 Å². The monoisotopic (exact) mass is 396 g/mol. The van der Waals surface area contributed by atoms with Gasteiger partial charge in [0.2, 0.25) is 5.91 Å². The SMILES string of the molecule is Cc1ccccc1CN1CCN(CCC(=O)Nc2cc([N+](=O)[O-])ccc2C)CC1. The third-order valence-corrected chi connectivity index (χ3v) is 5.48. The van der Waals surface area contributed by atoms with Crippen molar-refractivity contribution in [3.63, 3.8) is 0 Å². The van der Waals surface area contributed by atoms with E-state index in [2.05, 4.69) is 46.3 Å². The van der Waals surface area contributed by atoms with Crippen molar-refractivity contribution in [3.8, 4) is 0 Å². The minimum Gasteiger partial charge on any atom is -0.326 e. The van der Waals surface area contributed by atoms with Crippen LogP contribution in [0.15, 0.2) is 42.5 Å². The van der Waals surface area contributed by atoms with Crippen LogP contribution in [0.2, 0.25) is 0 Å². The van der Waals surface area contributed by atoms with E-state index in [1.165, 1.54) is 23.3 Å². The first-order chi connectivity index (χ1) is 13.9. The Hall–Kier alpha value is -2.77. The predicted molar refractivity (Wildman–Crippen MR) is 114 cm³/mol. The van der Waals surface area contributed by atoms with Gasteiger partial charge in [0, 0.05) is 57.8 Å². The lowest BCUT2D eigenvalue weighted by molar-refractivity contribution is -0.384. The second kappa shape index (κ2) is 9.62. The van der Waals surface area contributed by atoms with Crippen LogP contribution in [0.4, 0.5) is 11.4 Å². The van der Waals surface area contributed by atoms with Gasteiger partial charge in [-0.3, -0.25) is 19.8 Å². The molecule has 2 aromatic carbocycles. The number of aryl methyl sites for hydroxylation is 2. The maximum atomic E-state index is 12.3. The molecule has 1 fully saturated rings. The number of nitro groups is 1. The highest BCUT2D eigenvalue weighted by Crippen LogP contribution is 2.22. The number of nitro benzene ring substituents is 1. The molecule has 0 saturated carbocycles. The molecular weight excluding hydrogens is 368 g/mol. The summed E-state index contributed by atoms with van der Waals surface area (Å²) in [6, 6.07) is 13.0. The maximum Gasteiger partial charge on any atom is 0.271 e. The van der Waals surface area contributed by atoms with Gasteiger partial charge in [0.25, 0.3) is 5.69 Å². The Morgan fingerprint density at radius 2 is 1.72 bits per heavy atom. The summed E-state index contributed by atoms with van der Waals surface area (Å²) < 4.78 is 0. The zero-order valence-electron chi connectivity index (χ0n) is 17.1. The van der Waals surface area contributed by atoms with E-state index in [0.717, 1.165) is 38.3 Å². The van der Waals surface area contributed by atoms with Gasteiger partial charge >= 0.3 is 0 Å². The summed E-state index contributed by atoms with van der Waals surface area (Å²) in [5.74, 6) is -0.115. The standard InChI is InChI=1S/C22H28N4O3/c1-17-5-3-4-6-19(17)16-25-13-11-24(12-14-25)10-9-22(27)23-21-15-20(26(28)29)8-7-18(21)2/h3-8,15H,9-14,16H2,1-2H3,(H,23,27). The summed E-state index contributed by atoms with van der Waals surface area (Å²) in [5.41, 5.74) is 3.99. The average molecular weight is 396 g/mol. The van der Waals surface area contributed by atoms with Crippen LogP contribution in [-0.2, 0) is 11.3 Å². The molecule has 1 saturated heterocycles. The third-order valence-electron chi connectivity index (χ3n) is 5.48. The second-order valence-corrected chi connectivity index (χ2v) is 7.60. The molecule has 0 radical (unpaired) electrons. The lowest BCUT2D eigenvalue weighted by atomic mass is 10.1. The van der Waals surface area contributed by atoms with E-state index in [1.54, 1.807) is 6.07 Å². The van der Waals surface area contributed by atoms with Crippen LogP contribution in [-0.4, -0.2) is 53.4 Å². The Bertz CT molecular complexity index is 876. The van der Waals surface area contributed by atoms with E-state index in [4.69, 9.17) is 0 Å². The lowest BCUT2D eigenvalue weighted by Crippen LogP contribution is -2.46. The molecule has 0 aromatic heterocycles. The second-order valence-electron chi connectivity index (χ2n) is 7.60. The van der Waals surface area contributed by atoms with Crippen LogP contribution < -0.4 is 5.32 Å². The highest BCUT2D eigenvalue weighted by atomic mass is 16.6. The highest BCUT2D eigenvalue weighted by molar-refractivity contribution is 5.92. The van der Waals surface area contributed by atoms with Gasteiger partial charge in [0.1, 0.15) is 0 Å². The summed E-state index contributed by atoms with van der Waals surface area (Å²) in [6.45, 7) is 9.48. The first kappa shape index (κ1) is 21.0. The fourth-order valence-corrected chi connectivity index (χ4v) is 3.53. The molecule has 1 aliphatic heterocycles. The molecule has 154 valence electrons. The molecule has 1 heterocycles. The molecular formula is C22H28N4O3. The van der Waals surface area contributed by atoms with Gasteiger partial charge in [-0.25, -0.2) is 0 Å². The molecule has 29 heavy (non-hydrogen) atoms. The molecule has 0 spiro atoms. The Labute approximate surface area is 171 Å². The number of benzene rings is 2. The molecule has 1 N–H and O–H groups in total. The van der Waals surface area contributed by atoms with Crippen molar-refractivity contribution in [2.24, 2.45) is 0 Å². The van der Waals surface area contributed by atoms with Crippen LogP contribution in [0, 0.1) is 24.0 Å². The highest BCUT2D eigenvalue weighted by Gasteiger charge is 2.18. The van der Waals surface area contributed by atoms with E-state index in [1.807, 2.05) is 6.92 Å². The molecule has 0 aliphatic carbocycles. The first-order valence-corrected chi connectivity index (χ1v) is 9.96. The molecule has 1 amide bonds. The van der Waals surface area contributed by atoms with Crippen molar-refractivity contribution in [1.82, 2.24) is 9.80 Å². The van der Waals surface area contributed by atoms with Crippen molar-refractivity contribution in [1.29, 1.82) is 0 Å². The number of hydrogen-bond acceptors (Lipinski definition) is 5. The largest absolute Gasteiger partial charge is 0.326 e. The number of amides is 1. The van der Waals surface area contributed by atoms with Crippen LogP contribution in [0.1, 0.15) is 23.1 Å². The topological polar surface area (TPSA) is 78.7 Å². The normalized spacial score (nSPS) is 15.2. The molecule has 0 bridgehead atoms. The summed E-state index contributed by atoms with van der Waals surface area (Å²) in [4.78, 5) is 27.5. The molecule has 0 unspecified atom stereocenters. The van der Waals surface area contributed by atoms with Gasteiger partial charge in [-0.15, -0.1) is 0 Å². The number of carbonyl (C=O) groups is 1. The van der Waals surface area contributed by atoms with E-state index < -0.39 is 4.92 Å². The van der Waals surface area contributed by atoms with Gasteiger partial charge in [-0.1, -0.05) is 30.3 Å². The predicted octanol–water partition coefficient (Wildman–Crippen LogP) is 3.36. The average Bonchev–Trinajstić information content (AvgIpc) is 2.70. The molecule has 7 heteroatoms. The number of carbonyl (C=O) groups excluding carboxylic acids is 1. The molecule has 3 rings (SSSR count). The van der Waals surface area contributed by atoms with E-state index in [-0.39, 0.29) is 11.6 Å². The van der Waals surface area contributed by atoms with Gasteiger partial charge in [-0.2, -0.15) is 0 Å². The van der Waals surface area contributed by atoms with Crippen molar-refractivity contribution in [2.45, 2.75) is 26.8 Å².